The molecule has 1 rings (SSSR count). The third-order valence-electron chi connectivity index (χ3n) is 3.46. The Kier molecular flexibility index (Phi) is 3.37. The highest BCUT2D eigenvalue weighted by molar-refractivity contribution is 5.15. The van der Waals surface area contributed by atoms with E-state index in [9.17, 15) is 0 Å². The molecule has 0 N–H and O–H groups in total. The van der Waals surface area contributed by atoms with Crippen LogP contribution in [-0.2, 0) is 0 Å². The maximum Gasteiger partial charge on any atom is -0.0203 e. The molecule has 0 saturated heterocycles. The minimum Gasteiger partial charge on any atom is -0.0716 e. The first-order chi connectivity index (χ1) is 5.63. The van der Waals surface area contributed by atoms with Gasteiger partial charge in [-0.2, -0.15) is 0 Å². The Morgan fingerprint density at radius 2 is 1.58 bits per heavy atom. The summed E-state index contributed by atoms with van der Waals surface area (Å²) in [5.41, 5.74) is 3.31. The molecule has 0 amide bonds. The largest absolute Gasteiger partial charge is 0.0716 e. The first-order valence-electron chi connectivity index (χ1n) is 5.30. The Morgan fingerprint density at radius 3 is 2.00 bits per heavy atom. The lowest BCUT2D eigenvalue weighted by Crippen LogP contribution is -2.01. The molecule has 0 aromatic carbocycles. The van der Waals surface area contributed by atoms with Crippen LogP contribution >= 0.6 is 0 Å². The lowest BCUT2D eigenvalue weighted by molar-refractivity contribution is 0.613. The van der Waals surface area contributed by atoms with E-state index >= 15 is 0 Å². The average molecular weight is 166 g/mol. The predicted octanol–water partition coefficient (Wildman–Crippen LogP) is 4.17. The van der Waals surface area contributed by atoms with Crippen molar-refractivity contribution in [1.29, 1.82) is 0 Å². The zero-order valence-corrected chi connectivity index (χ0v) is 8.98. The van der Waals surface area contributed by atoms with Crippen molar-refractivity contribution in [3.8, 4) is 0 Å². The fourth-order valence-electron chi connectivity index (χ4n) is 2.14. The maximum atomic E-state index is 2.34. The van der Waals surface area contributed by atoms with Crippen LogP contribution in [0.1, 0.15) is 53.4 Å². The van der Waals surface area contributed by atoms with Crippen molar-refractivity contribution in [1.82, 2.24) is 0 Å². The summed E-state index contributed by atoms with van der Waals surface area (Å²) in [6, 6.07) is 0. The molecule has 70 valence electrons. The molecule has 0 unspecified atom stereocenters. The highest BCUT2D eigenvalue weighted by Gasteiger charge is 2.18. The van der Waals surface area contributed by atoms with Gasteiger partial charge < -0.3 is 0 Å². The van der Waals surface area contributed by atoms with Gasteiger partial charge in [0.2, 0.25) is 0 Å². The highest BCUT2D eigenvalue weighted by Crippen LogP contribution is 2.33. The minimum atomic E-state index is 0.741. The molecule has 0 aromatic rings. The third kappa shape index (κ3) is 2.12. The van der Waals surface area contributed by atoms with Gasteiger partial charge in [-0.3, -0.25) is 0 Å². The van der Waals surface area contributed by atoms with E-state index in [1.165, 1.54) is 25.7 Å². The van der Waals surface area contributed by atoms with Gasteiger partial charge in [0.1, 0.15) is 0 Å². The summed E-state index contributed by atoms with van der Waals surface area (Å²) in [7, 11) is 0. The van der Waals surface area contributed by atoms with Gasteiger partial charge in [-0.1, -0.05) is 37.8 Å². The van der Waals surface area contributed by atoms with E-state index in [4.69, 9.17) is 0 Å². The van der Waals surface area contributed by atoms with Crippen LogP contribution in [0.3, 0.4) is 0 Å². The monoisotopic (exact) mass is 166 g/mol. The topological polar surface area (TPSA) is 0 Å². The Morgan fingerprint density at radius 1 is 1.08 bits per heavy atom. The Bertz CT molecular complexity index is 168. The maximum absolute atomic E-state index is 2.34. The summed E-state index contributed by atoms with van der Waals surface area (Å²) in [5, 5.41) is 0. The standard InChI is InChI=1S/C12H22/c1-9(2)10(3)11(4)12-7-5-6-8-12/h9,12H,5-8H2,1-4H3. The zero-order chi connectivity index (χ0) is 9.14. The van der Waals surface area contributed by atoms with Crippen molar-refractivity contribution in [2.24, 2.45) is 11.8 Å². The van der Waals surface area contributed by atoms with Crippen molar-refractivity contribution in [3.05, 3.63) is 11.1 Å². The van der Waals surface area contributed by atoms with Crippen LogP contribution in [0.2, 0.25) is 0 Å². The molecule has 12 heavy (non-hydrogen) atoms. The molecular formula is C12H22. The first kappa shape index (κ1) is 9.83. The Balaban J connectivity index is 2.65. The quantitative estimate of drug-likeness (QED) is 0.540. The molecule has 1 saturated carbocycles. The van der Waals surface area contributed by atoms with E-state index < -0.39 is 0 Å². The SMILES string of the molecule is CC(=C(C)C1CCCC1)C(C)C. The summed E-state index contributed by atoms with van der Waals surface area (Å²) in [4.78, 5) is 0. The van der Waals surface area contributed by atoms with Gasteiger partial charge in [-0.05, 0) is 38.5 Å². The molecule has 0 spiro atoms. The van der Waals surface area contributed by atoms with Crippen molar-refractivity contribution >= 4 is 0 Å². The smallest absolute Gasteiger partial charge is 0.0203 e. The van der Waals surface area contributed by atoms with Gasteiger partial charge in [-0.15, -0.1) is 0 Å². The number of hydrogen-bond acceptors (Lipinski definition) is 0. The van der Waals surface area contributed by atoms with Crippen LogP contribution < -0.4 is 0 Å². The minimum absolute atomic E-state index is 0.741. The number of rotatable bonds is 2. The fraction of sp³-hybridized carbons (Fsp3) is 0.833. The Labute approximate surface area is 77.1 Å². The molecule has 0 aromatic heterocycles. The van der Waals surface area contributed by atoms with Crippen LogP contribution in [0.15, 0.2) is 11.1 Å². The van der Waals surface area contributed by atoms with Crippen molar-refractivity contribution < 1.29 is 0 Å². The van der Waals surface area contributed by atoms with E-state index in [0.717, 1.165) is 11.8 Å². The van der Waals surface area contributed by atoms with Gasteiger partial charge in [0.25, 0.3) is 0 Å². The lowest BCUT2D eigenvalue weighted by atomic mass is 9.90. The van der Waals surface area contributed by atoms with Gasteiger partial charge in [0, 0.05) is 0 Å². The summed E-state index contributed by atoms with van der Waals surface area (Å²) >= 11 is 0. The fourth-order valence-corrected chi connectivity index (χ4v) is 2.14. The lowest BCUT2D eigenvalue weighted by Gasteiger charge is -2.16. The van der Waals surface area contributed by atoms with E-state index in [1.807, 2.05) is 0 Å². The molecule has 1 aliphatic rings. The average Bonchev–Trinajstić information content (AvgIpc) is 2.53. The Hall–Kier alpha value is -0.260. The molecule has 0 heteroatoms. The van der Waals surface area contributed by atoms with Crippen molar-refractivity contribution in [3.63, 3.8) is 0 Å². The van der Waals surface area contributed by atoms with Gasteiger partial charge >= 0.3 is 0 Å². The van der Waals surface area contributed by atoms with Crippen molar-refractivity contribution in [2.75, 3.05) is 0 Å². The van der Waals surface area contributed by atoms with Gasteiger partial charge in [0.05, 0.1) is 0 Å². The number of allylic oxidation sites excluding steroid dienone is 2. The van der Waals surface area contributed by atoms with E-state index in [1.54, 1.807) is 11.1 Å². The normalized spacial score (nSPS) is 21.8. The molecular weight excluding hydrogens is 144 g/mol. The second-order valence-electron chi connectivity index (χ2n) is 4.50. The molecule has 0 radical (unpaired) electrons. The molecule has 0 heterocycles. The molecule has 0 atom stereocenters. The second-order valence-corrected chi connectivity index (χ2v) is 4.50. The van der Waals surface area contributed by atoms with E-state index in [0.29, 0.717) is 0 Å². The highest BCUT2D eigenvalue weighted by atomic mass is 14.2. The summed E-state index contributed by atoms with van der Waals surface area (Å²) in [6.07, 6.45) is 5.78. The van der Waals surface area contributed by atoms with Gasteiger partial charge in [-0.25, -0.2) is 0 Å². The third-order valence-corrected chi connectivity index (χ3v) is 3.46. The predicted molar refractivity (Wildman–Crippen MR) is 55.2 cm³/mol. The van der Waals surface area contributed by atoms with Crippen LogP contribution in [0.5, 0.6) is 0 Å². The molecule has 1 fully saturated rings. The van der Waals surface area contributed by atoms with Gasteiger partial charge in [0.15, 0.2) is 0 Å². The summed E-state index contributed by atoms with van der Waals surface area (Å²) in [6.45, 7) is 9.24. The summed E-state index contributed by atoms with van der Waals surface area (Å²) in [5.74, 6) is 1.66. The number of hydrogen-bond donors (Lipinski definition) is 0. The zero-order valence-electron chi connectivity index (χ0n) is 8.98. The van der Waals surface area contributed by atoms with Crippen molar-refractivity contribution in [2.45, 2.75) is 53.4 Å². The van der Waals surface area contributed by atoms with Crippen LogP contribution in [-0.4, -0.2) is 0 Å². The molecule has 0 bridgehead atoms. The van der Waals surface area contributed by atoms with Crippen LogP contribution in [0, 0.1) is 11.8 Å². The summed E-state index contributed by atoms with van der Waals surface area (Å²) < 4.78 is 0. The van der Waals surface area contributed by atoms with Crippen LogP contribution in [0.25, 0.3) is 0 Å². The molecule has 0 nitrogen and oxygen atoms in total. The molecule has 1 aliphatic carbocycles. The second kappa shape index (κ2) is 4.11. The van der Waals surface area contributed by atoms with Crippen LogP contribution in [0.4, 0.5) is 0 Å². The molecule has 0 aliphatic heterocycles. The first-order valence-corrected chi connectivity index (χ1v) is 5.30. The van der Waals surface area contributed by atoms with E-state index in [-0.39, 0.29) is 0 Å². The van der Waals surface area contributed by atoms with E-state index in [2.05, 4.69) is 27.7 Å².